The van der Waals surface area contributed by atoms with Gasteiger partial charge in [0, 0.05) is 11.8 Å². The van der Waals surface area contributed by atoms with E-state index in [1.54, 1.807) is 13.3 Å². The van der Waals surface area contributed by atoms with Crippen molar-refractivity contribution >= 4 is 11.6 Å². The van der Waals surface area contributed by atoms with E-state index in [0.717, 1.165) is 16.8 Å². The van der Waals surface area contributed by atoms with Crippen molar-refractivity contribution in [2.45, 2.75) is 13.2 Å². The summed E-state index contributed by atoms with van der Waals surface area (Å²) in [4.78, 5) is 8.70. The molecule has 0 radical (unpaired) electrons. The minimum atomic E-state index is 0.289. The number of benzene rings is 2. The molecule has 0 aliphatic carbocycles. The van der Waals surface area contributed by atoms with Crippen LogP contribution in [-0.2, 0) is 13.2 Å². The molecule has 0 saturated heterocycles. The highest BCUT2D eigenvalue weighted by molar-refractivity contribution is 5.93. The van der Waals surface area contributed by atoms with Gasteiger partial charge in [-0.05, 0) is 23.8 Å². The number of methoxy groups -OCH3 is 1. The highest BCUT2D eigenvalue weighted by Crippen LogP contribution is 2.23. The highest BCUT2D eigenvalue weighted by Gasteiger charge is 2.06. The second kappa shape index (κ2) is 9.24. The Morgan fingerprint density at radius 1 is 1.04 bits per heavy atom. The molecule has 1 aromatic heterocycles. The normalized spacial score (nSPS) is 11.1. The summed E-state index contributed by atoms with van der Waals surface area (Å²) in [7, 11) is 1.61. The van der Waals surface area contributed by atoms with E-state index in [4.69, 9.17) is 15.2 Å². The molecule has 6 heteroatoms. The summed E-state index contributed by atoms with van der Waals surface area (Å²) in [5, 5.41) is 3.05. The largest absolute Gasteiger partial charge is 0.495 e. The fourth-order valence-electron chi connectivity index (χ4n) is 2.50. The van der Waals surface area contributed by atoms with E-state index in [0.29, 0.717) is 24.8 Å². The van der Waals surface area contributed by atoms with Crippen LogP contribution in [0.3, 0.4) is 0 Å². The Morgan fingerprint density at radius 3 is 2.63 bits per heavy atom. The molecule has 0 fully saturated rings. The Hall–Kier alpha value is -3.54. The predicted molar refractivity (Wildman–Crippen MR) is 107 cm³/mol. The number of hydrogen-bond acceptors (Lipinski definition) is 4. The van der Waals surface area contributed by atoms with E-state index < -0.39 is 0 Å². The van der Waals surface area contributed by atoms with Crippen LogP contribution in [0, 0.1) is 0 Å². The Bertz CT molecular complexity index is 897. The molecule has 0 bridgehead atoms. The number of guanidine groups is 1. The number of rotatable bonds is 7. The van der Waals surface area contributed by atoms with Gasteiger partial charge in [0.2, 0.25) is 5.88 Å². The maximum atomic E-state index is 6.01. The summed E-state index contributed by atoms with van der Waals surface area (Å²) in [6.07, 6.45) is 1.70. The fraction of sp³-hybridized carbons (Fsp3) is 0.143. The zero-order chi connectivity index (χ0) is 18.9. The second-order valence-electron chi connectivity index (χ2n) is 5.77. The van der Waals surface area contributed by atoms with Crippen LogP contribution in [0.1, 0.15) is 11.1 Å². The van der Waals surface area contributed by atoms with E-state index in [1.807, 2.05) is 66.7 Å². The van der Waals surface area contributed by atoms with Crippen molar-refractivity contribution in [2.24, 2.45) is 10.7 Å². The SMILES string of the molecule is COc1ccccc1NC(N)=NCc1cccnc1OCc1ccccc1. The highest BCUT2D eigenvalue weighted by atomic mass is 16.5. The summed E-state index contributed by atoms with van der Waals surface area (Å²) in [6.45, 7) is 0.801. The van der Waals surface area contributed by atoms with Crippen molar-refractivity contribution in [3.63, 3.8) is 0 Å². The lowest BCUT2D eigenvalue weighted by molar-refractivity contribution is 0.290. The Morgan fingerprint density at radius 2 is 1.81 bits per heavy atom. The molecule has 0 aliphatic heterocycles. The van der Waals surface area contributed by atoms with Crippen molar-refractivity contribution in [3.8, 4) is 11.6 Å². The third-order valence-electron chi connectivity index (χ3n) is 3.86. The van der Waals surface area contributed by atoms with Crippen molar-refractivity contribution in [1.82, 2.24) is 4.98 Å². The summed E-state index contributed by atoms with van der Waals surface area (Å²) < 4.78 is 11.1. The van der Waals surface area contributed by atoms with Gasteiger partial charge in [0.15, 0.2) is 5.96 Å². The second-order valence-corrected chi connectivity index (χ2v) is 5.77. The van der Waals surface area contributed by atoms with Gasteiger partial charge in [0.1, 0.15) is 12.4 Å². The minimum Gasteiger partial charge on any atom is -0.495 e. The van der Waals surface area contributed by atoms with Crippen LogP contribution < -0.4 is 20.5 Å². The molecule has 0 unspecified atom stereocenters. The molecule has 27 heavy (non-hydrogen) atoms. The topological polar surface area (TPSA) is 81.8 Å². The number of aliphatic imine (C=N–C) groups is 1. The molecule has 138 valence electrons. The molecule has 0 spiro atoms. The minimum absolute atomic E-state index is 0.289. The van der Waals surface area contributed by atoms with Crippen molar-refractivity contribution in [3.05, 3.63) is 84.1 Å². The van der Waals surface area contributed by atoms with Crippen LogP contribution in [0.5, 0.6) is 11.6 Å². The number of nitrogens with one attached hydrogen (secondary N) is 1. The van der Waals surface area contributed by atoms with E-state index in [2.05, 4.69) is 15.3 Å². The van der Waals surface area contributed by atoms with Crippen molar-refractivity contribution in [1.29, 1.82) is 0 Å². The first kappa shape index (κ1) is 18.3. The maximum absolute atomic E-state index is 6.01. The third-order valence-corrected chi connectivity index (χ3v) is 3.86. The summed E-state index contributed by atoms with van der Waals surface area (Å²) in [5.41, 5.74) is 8.71. The van der Waals surface area contributed by atoms with E-state index in [9.17, 15) is 0 Å². The molecular weight excluding hydrogens is 340 g/mol. The van der Waals surface area contributed by atoms with Gasteiger partial charge < -0.3 is 20.5 Å². The molecule has 0 saturated carbocycles. The molecule has 0 amide bonds. The van der Waals surface area contributed by atoms with Crippen LogP contribution in [0.25, 0.3) is 0 Å². The molecule has 0 aliphatic rings. The molecule has 3 rings (SSSR count). The number of nitrogens with two attached hydrogens (primary N) is 1. The quantitative estimate of drug-likeness (QED) is 0.496. The lowest BCUT2D eigenvalue weighted by Crippen LogP contribution is -2.23. The monoisotopic (exact) mass is 362 g/mol. The van der Waals surface area contributed by atoms with Crippen LogP contribution in [0.4, 0.5) is 5.69 Å². The van der Waals surface area contributed by atoms with Gasteiger partial charge in [-0.15, -0.1) is 0 Å². The van der Waals surface area contributed by atoms with Crippen LogP contribution >= 0.6 is 0 Å². The lowest BCUT2D eigenvalue weighted by atomic mass is 10.2. The van der Waals surface area contributed by atoms with Gasteiger partial charge in [0.05, 0.1) is 19.3 Å². The Balaban J connectivity index is 1.65. The zero-order valence-electron chi connectivity index (χ0n) is 15.1. The number of aromatic nitrogens is 1. The lowest BCUT2D eigenvalue weighted by Gasteiger charge is -2.11. The Kier molecular flexibility index (Phi) is 6.25. The van der Waals surface area contributed by atoms with Crippen LogP contribution in [0.2, 0.25) is 0 Å². The van der Waals surface area contributed by atoms with Gasteiger partial charge in [0.25, 0.3) is 0 Å². The fourth-order valence-corrected chi connectivity index (χ4v) is 2.50. The first-order valence-electron chi connectivity index (χ1n) is 8.57. The predicted octanol–water partition coefficient (Wildman–Crippen LogP) is 3.60. The van der Waals surface area contributed by atoms with Gasteiger partial charge in [-0.1, -0.05) is 48.5 Å². The molecular formula is C21H22N4O2. The van der Waals surface area contributed by atoms with E-state index in [-0.39, 0.29) is 5.96 Å². The van der Waals surface area contributed by atoms with Gasteiger partial charge in [-0.25, -0.2) is 9.98 Å². The van der Waals surface area contributed by atoms with Crippen LogP contribution in [0.15, 0.2) is 77.9 Å². The van der Waals surface area contributed by atoms with Gasteiger partial charge in [-0.2, -0.15) is 0 Å². The molecule has 1 heterocycles. The number of hydrogen-bond donors (Lipinski definition) is 2. The molecule has 0 atom stereocenters. The van der Waals surface area contributed by atoms with Gasteiger partial charge in [-0.3, -0.25) is 0 Å². The number of anilines is 1. The standard InChI is InChI=1S/C21H22N4O2/c1-26-19-12-6-5-11-18(19)25-21(22)24-14-17-10-7-13-23-20(17)27-15-16-8-3-2-4-9-16/h2-13H,14-15H2,1H3,(H3,22,24,25). The van der Waals surface area contributed by atoms with Crippen molar-refractivity contribution in [2.75, 3.05) is 12.4 Å². The third kappa shape index (κ3) is 5.22. The number of para-hydroxylation sites is 2. The molecule has 6 nitrogen and oxygen atoms in total. The summed E-state index contributed by atoms with van der Waals surface area (Å²) in [6, 6.07) is 21.2. The average Bonchev–Trinajstić information content (AvgIpc) is 2.72. The van der Waals surface area contributed by atoms with E-state index >= 15 is 0 Å². The maximum Gasteiger partial charge on any atom is 0.218 e. The number of nitrogens with zero attached hydrogens (tertiary/aromatic N) is 2. The summed E-state index contributed by atoms with van der Waals surface area (Å²) in [5.74, 6) is 1.54. The summed E-state index contributed by atoms with van der Waals surface area (Å²) >= 11 is 0. The Labute approximate surface area is 158 Å². The van der Waals surface area contributed by atoms with Gasteiger partial charge >= 0.3 is 0 Å². The first-order chi connectivity index (χ1) is 13.3. The van der Waals surface area contributed by atoms with Crippen molar-refractivity contribution < 1.29 is 9.47 Å². The molecule has 3 N–H and O–H groups in total. The number of ether oxygens (including phenoxy) is 2. The first-order valence-corrected chi connectivity index (χ1v) is 8.57. The number of pyridine rings is 1. The molecule has 2 aromatic carbocycles. The zero-order valence-corrected chi connectivity index (χ0v) is 15.1. The average molecular weight is 362 g/mol. The van der Waals surface area contributed by atoms with E-state index in [1.165, 1.54) is 0 Å². The smallest absolute Gasteiger partial charge is 0.218 e. The molecule has 3 aromatic rings. The van der Waals surface area contributed by atoms with Crippen LogP contribution in [-0.4, -0.2) is 18.1 Å².